The zero-order valence-corrected chi connectivity index (χ0v) is 16.9. The summed E-state index contributed by atoms with van der Waals surface area (Å²) >= 11 is 13.8. The van der Waals surface area contributed by atoms with Crippen LogP contribution in [0.1, 0.15) is 11.8 Å². The number of ether oxygens (including phenoxy) is 1. The molecule has 0 unspecified atom stereocenters. The Hall–Kier alpha value is -1.32. The number of thioether (sulfide) groups is 1. The molecule has 4 rings (SSSR count). The summed E-state index contributed by atoms with van der Waals surface area (Å²) in [7, 11) is 0. The highest BCUT2D eigenvalue weighted by atomic mass is 35.5. The van der Waals surface area contributed by atoms with Gasteiger partial charge in [-0.1, -0.05) is 65.3 Å². The summed E-state index contributed by atoms with van der Waals surface area (Å²) in [6.45, 7) is -0.402. The lowest BCUT2D eigenvalue weighted by atomic mass is 10.1. The summed E-state index contributed by atoms with van der Waals surface area (Å²) < 4.78 is 7.44. The van der Waals surface area contributed by atoms with Crippen LogP contribution in [0.25, 0.3) is 11.0 Å². The van der Waals surface area contributed by atoms with Crippen LogP contribution in [-0.2, 0) is 10.5 Å². The second-order valence-electron chi connectivity index (χ2n) is 6.52. The number of benzene rings is 2. The van der Waals surface area contributed by atoms with Crippen LogP contribution in [0.4, 0.5) is 0 Å². The fourth-order valence-electron chi connectivity index (χ4n) is 3.23. The highest BCUT2D eigenvalue weighted by Crippen LogP contribution is 2.39. The molecule has 0 bridgehead atoms. The first kappa shape index (κ1) is 20.0. The van der Waals surface area contributed by atoms with E-state index in [4.69, 9.17) is 27.9 Å². The number of hydrogen-bond donors (Lipinski definition) is 3. The Morgan fingerprint density at radius 1 is 1.07 bits per heavy atom. The molecule has 2 aromatic carbocycles. The molecule has 0 radical (unpaired) electrons. The van der Waals surface area contributed by atoms with E-state index in [1.807, 2.05) is 30.3 Å². The molecular formula is C19H18Cl2N2O4S. The van der Waals surface area contributed by atoms with Gasteiger partial charge in [0, 0.05) is 5.75 Å². The minimum Gasteiger partial charge on any atom is -0.394 e. The normalized spacial score (nSPS) is 24.9. The average molecular weight is 441 g/mol. The predicted octanol–water partition coefficient (Wildman–Crippen LogP) is 3.25. The Morgan fingerprint density at radius 2 is 1.79 bits per heavy atom. The molecule has 1 aromatic heterocycles. The molecule has 3 aromatic rings. The van der Waals surface area contributed by atoms with E-state index >= 15 is 0 Å². The Kier molecular flexibility index (Phi) is 5.85. The van der Waals surface area contributed by atoms with Crippen LogP contribution in [0.15, 0.2) is 47.6 Å². The monoisotopic (exact) mass is 440 g/mol. The third-order valence-electron chi connectivity index (χ3n) is 4.68. The van der Waals surface area contributed by atoms with E-state index in [0.717, 1.165) is 5.56 Å². The van der Waals surface area contributed by atoms with E-state index in [0.29, 0.717) is 32.0 Å². The molecule has 9 heteroatoms. The van der Waals surface area contributed by atoms with Crippen LogP contribution in [0, 0.1) is 0 Å². The number of hydrogen-bond acceptors (Lipinski definition) is 6. The summed E-state index contributed by atoms with van der Waals surface area (Å²) in [5, 5.41) is 31.4. The highest BCUT2D eigenvalue weighted by molar-refractivity contribution is 7.98. The highest BCUT2D eigenvalue weighted by Gasteiger charge is 2.44. The standard InChI is InChI=1S/C19H18Cl2N2O4S/c20-11-6-13-14(7-12(11)21)23(18-17(26)16(25)15(8-24)27-18)19(22-13)28-9-10-4-2-1-3-5-10/h1-7,15-18,24-26H,8-9H2/t15-,16+,17+,18+/m1/s1. The van der Waals surface area contributed by atoms with E-state index in [2.05, 4.69) is 4.98 Å². The van der Waals surface area contributed by atoms with Crippen molar-refractivity contribution in [1.82, 2.24) is 9.55 Å². The molecular weight excluding hydrogens is 423 g/mol. The number of fused-ring (bicyclic) bond motifs is 1. The molecule has 0 amide bonds. The second kappa shape index (κ2) is 8.20. The zero-order chi connectivity index (χ0) is 19.8. The van der Waals surface area contributed by atoms with Crippen LogP contribution < -0.4 is 0 Å². The molecule has 2 heterocycles. The molecule has 1 aliphatic rings. The van der Waals surface area contributed by atoms with Crippen molar-refractivity contribution in [2.45, 2.75) is 35.4 Å². The van der Waals surface area contributed by atoms with Gasteiger partial charge in [0.1, 0.15) is 18.3 Å². The van der Waals surface area contributed by atoms with Gasteiger partial charge >= 0.3 is 0 Å². The number of aliphatic hydroxyl groups excluding tert-OH is 3. The fourth-order valence-corrected chi connectivity index (χ4v) is 4.54. The fraction of sp³-hybridized carbons (Fsp3) is 0.316. The van der Waals surface area contributed by atoms with Crippen LogP contribution >= 0.6 is 35.0 Å². The average Bonchev–Trinajstić information content (AvgIpc) is 3.18. The van der Waals surface area contributed by atoms with E-state index in [9.17, 15) is 15.3 Å². The summed E-state index contributed by atoms with van der Waals surface area (Å²) in [4.78, 5) is 4.63. The number of imidazole rings is 1. The molecule has 1 fully saturated rings. The Morgan fingerprint density at radius 3 is 2.46 bits per heavy atom. The maximum absolute atomic E-state index is 10.5. The Labute approximate surface area is 175 Å². The van der Waals surface area contributed by atoms with Gasteiger partial charge in [0.2, 0.25) is 0 Å². The largest absolute Gasteiger partial charge is 0.394 e. The van der Waals surface area contributed by atoms with Gasteiger partial charge in [-0.15, -0.1) is 0 Å². The van der Waals surface area contributed by atoms with Gasteiger partial charge in [-0.2, -0.15) is 0 Å². The maximum Gasteiger partial charge on any atom is 0.171 e. The molecule has 0 spiro atoms. The third-order valence-corrected chi connectivity index (χ3v) is 6.43. The van der Waals surface area contributed by atoms with Crippen molar-refractivity contribution >= 4 is 46.0 Å². The van der Waals surface area contributed by atoms with Gasteiger partial charge < -0.3 is 20.1 Å². The minimum atomic E-state index is -1.22. The summed E-state index contributed by atoms with van der Waals surface area (Å²) in [6, 6.07) is 13.2. The quantitative estimate of drug-likeness (QED) is 0.527. The molecule has 3 N–H and O–H groups in total. The van der Waals surface area contributed by atoms with Crippen LogP contribution in [0.2, 0.25) is 10.0 Å². The first-order valence-corrected chi connectivity index (χ1v) is 10.4. The minimum absolute atomic E-state index is 0.349. The summed E-state index contributed by atoms with van der Waals surface area (Å²) in [6.07, 6.45) is -4.22. The van der Waals surface area contributed by atoms with Crippen molar-refractivity contribution in [2.75, 3.05) is 6.61 Å². The van der Waals surface area contributed by atoms with Gasteiger partial charge in [0.15, 0.2) is 11.4 Å². The van der Waals surface area contributed by atoms with Crippen molar-refractivity contribution in [2.24, 2.45) is 0 Å². The first-order chi connectivity index (χ1) is 13.5. The molecule has 148 valence electrons. The summed E-state index contributed by atoms with van der Waals surface area (Å²) in [5.74, 6) is 0.653. The van der Waals surface area contributed by atoms with Crippen LogP contribution in [-0.4, -0.2) is 49.8 Å². The number of rotatable bonds is 5. The van der Waals surface area contributed by atoms with Crippen molar-refractivity contribution in [1.29, 1.82) is 0 Å². The molecule has 6 nitrogen and oxygen atoms in total. The number of halogens is 2. The predicted molar refractivity (Wildman–Crippen MR) is 109 cm³/mol. The number of aliphatic hydroxyl groups is 3. The van der Waals surface area contributed by atoms with Gasteiger partial charge in [-0.3, -0.25) is 4.57 Å². The molecule has 0 saturated carbocycles. The van der Waals surface area contributed by atoms with E-state index in [1.54, 1.807) is 16.7 Å². The lowest BCUT2D eigenvalue weighted by Gasteiger charge is -2.20. The Bertz CT molecular complexity index is 985. The van der Waals surface area contributed by atoms with Gasteiger partial charge in [-0.25, -0.2) is 4.98 Å². The van der Waals surface area contributed by atoms with Gasteiger partial charge in [0.05, 0.1) is 27.7 Å². The van der Waals surface area contributed by atoms with Crippen molar-refractivity contribution in [3.05, 3.63) is 58.1 Å². The van der Waals surface area contributed by atoms with Gasteiger partial charge in [-0.05, 0) is 17.7 Å². The summed E-state index contributed by atoms with van der Waals surface area (Å²) in [5.41, 5.74) is 2.34. The molecule has 28 heavy (non-hydrogen) atoms. The van der Waals surface area contributed by atoms with Crippen LogP contribution in [0.3, 0.4) is 0 Å². The van der Waals surface area contributed by atoms with Crippen LogP contribution in [0.5, 0.6) is 0 Å². The van der Waals surface area contributed by atoms with E-state index in [1.165, 1.54) is 11.8 Å². The molecule has 1 aliphatic heterocycles. The first-order valence-electron chi connectivity index (χ1n) is 8.65. The SMILES string of the molecule is OC[C@H]1O[C@H](n2c(SCc3ccccc3)nc3cc(Cl)c(Cl)cc32)[C@@H](O)[C@H]1O. The third kappa shape index (κ3) is 3.64. The van der Waals surface area contributed by atoms with Gasteiger partial charge in [0.25, 0.3) is 0 Å². The van der Waals surface area contributed by atoms with Crippen molar-refractivity contribution in [3.63, 3.8) is 0 Å². The van der Waals surface area contributed by atoms with Crippen molar-refractivity contribution in [3.8, 4) is 0 Å². The van der Waals surface area contributed by atoms with Crippen molar-refractivity contribution < 1.29 is 20.1 Å². The molecule has 1 saturated heterocycles. The number of nitrogens with zero attached hydrogens (tertiary/aromatic N) is 2. The smallest absolute Gasteiger partial charge is 0.171 e. The Balaban J connectivity index is 1.76. The maximum atomic E-state index is 10.5. The number of aromatic nitrogens is 2. The lowest BCUT2D eigenvalue weighted by Crippen LogP contribution is -2.33. The zero-order valence-electron chi connectivity index (χ0n) is 14.6. The lowest BCUT2D eigenvalue weighted by molar-refractivity contribution is -0.0546. The van der Waals surface area contributed by atoms with E-state index < -0.39 is 31.1 Å². The van der Waals surface area contributed by atoms with E-state index in [-0.39, 0.29) is 0 Å². The topological polar surface area (TPSA) is 87.7 Å². The molecule has 4 atom stereocenters. The molecule has 0 aliphatic carbocycles. The second-order valence-corrected chi connectivity index (χ2v) is 8.28.